The van der Waals surface area contributed by atoms with E-state index in [-0.39, 0.29) is 0 Å². The molecule has 0 rings (SSSR count). The maximum atomic E-state index is 5.61. The van der Waals surface area contributed by atoms with E-state index in [0.717, 1.165) is 25.0 Å². The van der Waals surface area contributed by atoms with E-state index >= 15 is 0 Å². The summed E-state index contributed by atoms with van der Waals surface area (Å²) >= 11 is 14.5. The van der Waals surface area contributed by atoms with E-state index in [1.54, 1.807) is 0 Å². The van der Waals surface area contributed by atoms with E-state index in [9.17, 15) is 0 Å². The lowest BCUT2D eigenvalue weighted by Gasteiger charge is -2.17. The molecule has 0 aliphatic heterocycles. The predicted octanol–water partition coefficient (Wildman–Crippen LogP) is 5.66. The SMILES string of the molecule is CCCCOCC(Br)C(Br)CCCC(Br)CBr. The Morgan fingerprint density at radius 3 is 2.29 bits per heavy atom. The maximum Gasteiger partial charge on any atom is 0.0602 e. The normalized spacial score (nSPS) is 16.8. The zero-order valence-electron chi connectivity index (χ0n) is 10.3. The first kappa shape index (κ1) is 18.9. The largest absolute Gasteiger partial charge is 0.380 e. The van der Waals surface area contributed by atoms with Crippen LogP contribution in [0.3, 0.4) is 0 Å². The van der Waals surface area contributed by atoms with Gasteiger partial charge in [-0.2, -0.15) is 0 Å². The lowest BCUT2D eigenvalue weighted by molar-refractivity contribution is 0.132. The molecule has 0 bridgehead atoms. The van der Waals surface area contributed by atoms with Crippen LogP contribution in [-0.2, 0) is 4.74 Å². The van der Waals surface area contributed by atoms with Gasteiger partial charge in [0, 0.05) is 21.6 Å². The molecule has 0 fully saturated rings. The predicted molar refractivity (Wildman–Crippen MR) is 91.5 cm³/mol. The Kier molecular flexibility index (Phi) is 14.3. The molecule has 0 heterocycles. The molecule has 17 heavy (non-hydrogen) atoms. The number of halogens is 4. The van der Waals surface area contributed by atoms with Crippen LogP contribution in [0.15, 0.2) is 0 Å². The fourth-order valence-electron chi connectivity index (χ4n) is 1.34. The summed E-state index contributed by atoms with van der Waals surface area (Å²) in [4.78, 5) is 1.51. The smallest absolute Gasteiger partial charge is 0.0602 e. The van der Waals surface area contributed by atoms with Crippen molar-refractivity contribution in [3.8, 4) is 0 Å². The van der Waals surface area contributed by atoms with Crippen molar-refractivity contribution in [2.45, 2.75) is 53.5 Å². The molecule has 5 heteroatoms. The standard InChI is InChI=1S/C12H22Br4O/c1-2-3-7-17-9-12(16)11(15)6-4-5-10(14)8-13/h10-12H,2-9H2,1H3. The molecule has 1 nitrogen and oxygen atoms in total. The summed E-state index contributed by atoms with van der Waals surface area (Å²) in [6, 6.07) is 0. The third kappa shape index (κ3) is 11.4. The van der Waals surface area contributed by atoms with Crippen molar-refractivity contribution in [2.24, 2.45) is 0 Å². The van der Waals surface area contributed by atoms with E-state index < -0.39 is 0 Å². The molecule has 0 saturated heterocycles. The van der Waals surface area contributed by atoms with Crippen molar-refractivity contribution in [3.05, 3.63) is 0 Å². The van der Waals surface area contributed by atoms with Gasteiger partial charge in [-0.05, 0) is 19.3 Å². The second-order valence-electron chi connectivity index (χ2n) is 4.14. The van der Waals surface area contributed by atoms with Gasteiger partial charge in [0.15, 0.2) is 0 Å². The molecule has 0 saturated carbocycles. The van der Waals surface area contributed by atoms with Crippen LogP contribution < -0.4 is 0 Å². The molecule has 0 aliphatic rings. The molecule has 0 amide bonds. The molecule has 104 valence electrons. The number of hydrogen-bond acceptors (Lipinski definition) is 1. The number of rotatable bonds is 11. The Hall–Kier alpha value is 1.88. The summed E-state index contributed by atoms with van der Waals surface area (Å²) in [5.41, 5.74) is 0. The van der Waals surface area contributed by atoms with Gasteiger partial charge in [0.05, 0.1) is 11.4 Å². The highest BCUT2D eigenvalue weighted by Crippen LogP contribution is 2.22. The molecular weight excluding hydrogens is 480 g/mol. The first-order chi connectivity index (χ1) is 8.11. The monoisotopic (exact) mass is 498 g/mol. The number of ether oxygens (including phenoxy) is 1. The summed E-state index contributed by atoms with van der Waals surface area (Å²) < 4.78 is 5.61. The van der Waals surface area contributed by atoms with Crippen LogP contribution in [0.4, 0.5) is 0 Å². The van der Waals surface area contributed by atoms with E-state index in [0.29, 0.717) is 14.5 Å². The third-order valence-electron chi connectivity index (χ3n) is 2.48. The number of unbranched alkanes of at least 4 members (excludes halogenated alkanes) is 1. The number of alkyl halides is 4. The minimum atomic E-state index is 0.414. The molecule has 0 N–H and O–H groups in total. The first-order valence-corrected chi connectivity index (χ1v) is 10.0. The maximum absolute atomic E-state index is 5.61. The third-order valence-corrected chi connectivity index (χ3v) is 7.62. The first-order valence-electron chi connectivity index (χ1n) is 6.17. The van der Waals surface area contributed by atoms with E-state index in [1.807, 2.05) is 0 Å². The van der Waals surface area contributed by atoms with E-state index in [4.69, 9.17) is 4.74 Å². The van der Waals surface area contributed by atoms with Gasteiger partial charge in [0.25, 0.3) is 0 Å². The van der Waals surface area contributed by atoms with Crippen LogP contribution in [0.25, 0.3) is 0 Å². The van der Waals surface area contributed by atoms with Gasteiger partial charge in [-0.15, -0.1) is 0 Å². The van der Waals surface area contributed by atoms with Crippen LogP contribution in [0.5, 0.6) is 0 Å². The van der Waals surface area contributed by atoms with Crippen LogP contribution >= 0.6 is 63.7 Å². The quantitative estimate of drug-likeness (QED) is 0.262. The Bertz CT molecular complexity index is 169. The van der Waals surface area contributed by atoms with Crippen molar-refractivity contribution in [3.63, 3.8) is 0 Å². The number of hydrogen-bond donors (Lipinski definition) is 0. The van der Waals surface area contributed by atoms with Gasteiger partial charge in [-0.1, -0.05) is 83.5 Å². The Morgan fingerprint density at radius 1 is 1.00 bits per heavy atom. The zero-order valence-corrected chi connectivity index (χ0v) is 16.7. The summed E-state index contributed by atoms with van der Waals surface area (Å²) in [6.07, 6.45) is 5.98. The van der Waals surface area contributed by atoms with Crippen molar-refractivity contribution in [1.29, 1.82) is 0 Å². The summed E-state index contributed by atoms with van der Waals surface area (Å²) in [5.74, 6) is 0. The lowest BCUT2D eigenvalue weighted by Crippen LogP contribution is -2.20. The van der Waals surface area contributed by atoms with Gasteiger partial charge < -0.3 is 4.74 Å². The van der Waals surface area contributed by atoms with Crippen molar-refractivity contribution in [1.82, 2.24) is 0 Å². The Labute approximate surface area is 139 Å². The van der Waals surface area contributed by atoms with E-state index in [1.165, 1.54) is 25.7 Å². The fourth-order valence-corrected chi connectivity index (χ4v) is 2.91. The minimum absolute atomic E-state index is 0.414. The molecular formula is C12H22Br4O. The average molecular weight is 502 g/mol. The molecule has 3 unspecified atom stereocenters. The van der Waals surface area contributed by atoms with Crippen molar-refractivity contribution >= 4 is 63.7 Å². The molecule has 0 aromatic rings. The molecule has 0 aromatic heterocycles. The molecule has 0 aliphatic carbocycles. The van der Waals surface area contributed by atoms with Gasteiger partial charge in [0.2, 0.25) is 0 Å². The topological polar surface area (TPSA) is 9.23 Å². The van der Waals surface area contributed by atoms with Gasteiger partial charge in [-0.25, -0.2) is 0 Å². The van der Waals surface area contributed by atoms with Gasteiger partial charge in [0.1, 0.15) is 0 Å². The van der Waals surface area contributed by atoms with Crippen LogP contribution in [0.1, 0.15) is 39.0 Å². The van der Waals surface area contributed by atoms with Crippen molar-refractivity contribution < 1.29 is 4.74 Å². The summed E-state index contributed by atoms with van der Waals surface area (Å²) in [6.45, 7) is 3.86. The van der Waals surface area contributed by atoms with Crippen LogP contribution in [0.2, 0.25) is 0 Å². The van der Waals surface area contributed by atoms with Gasteiger partial charge in [-0.3, -0.25) is 0 Å². The zero-order chi connectivity index (χ0) is 13.1. The highest BCUT2D eigenvalue weighted by Gasteiger charge is 2.16. The molecule has 3 atom stereocenters. The minimum Gasteiger partial charge on any atom is -0.380 e. The lowest BCUT2D eigenvalue weighted by atomic mass is 10.1. The summed E-state index contributed by atoms with van der Waals surface area (Å²) in [5, 5.41) is 1.03. The Balaban J connectivity index is 3.49. The Morgan fingerprint density at radius 2 is 1.71 bits per heavy atom. The summed E-state index contributed by atoms with van der Waals surface area (Å²) in [7, 11) is 0. The molecule has 0 spiro atoms. The fraction of sp³-hybridized carbons (Fsp3) is 1.00. The highest BCUT2D eigenvalue weighted by atomic mass is 79.9. The van der Waals surface area contributed by atoms with E-state index in [2.05, 4.69) is 70.6 Å². The second kappa shape index (κ2) is 12.9. The molecule has 0 aromatic carbocycles. The van der Waals surface area contributed by atoms with Crippen LogP contribution in [0, 0.1) is 0 Å². The van der Waals surface area contributed by atoms with Crippen molar-refractivity contribution in [2.75, 3.05) is 18.5 Å². The molecule has 0 radical (unpaired) electrons. The second-order valence-corrected chi connectivity index (χ2v) is 8.44. The van der Waals surface area contributed by atoms with Gasteiger partial charge >= 0.3 is 0 Å². The average Bonchev–Trinajstić information content (AvgIpc) is 2.33. The highest BCUT2D eigenvalue weighted by molar-refractivity contribution is 9.12. The van der Waals surface area contributed by atoms with Crippen LogP contribution in [-0.4, -0.2) is 33.0 Å².